The predicted octanol–water partition coefficient (Wildman–Crippen LogP) is 5.05. The molecule has 3 rings (SSSR count). The van der Waals surface area contributed by atoms with Gasteiger partial charge < -0.3 is 14.2 Å². The Hall–Kier alpha value is -3.40. The summed E-state index contributed by atoms with van der Waals surface area (Å²) >= 11 is 0. The molecule has 34 heavy (non-hydrogen) atoms. The highest BCUT2D eigenvalue weighted by Crippen LogP contribution is 2.36. The van der Waals surface area contributed by atoms with E-state index in [4.69, 9.17) is 25.4 Å². The molecule has 6 nitrogen and oxygen atoms in total. The molecule has 2 aromatic rings. The summed E-state index contributed by atoms with van der Waals surface area (Å²) in [6.07, 6.45) is 7.39. The topological polar surface area (TPSA) is 71.1 Å². The van der Waals surface area contributed by atoms with Gasteiger partial charge in [0.1, 0.15) is 0 Å². The largest absolute Gasteiger partial charge is 0.450 e. The minimum Gasteiger partial charge on any atom is -0.450 e. The standard InChI is InChI=1S/C28H30O6/c1-6-8-9-16-31-25-18-24(32-26(29)22-13-10-19(3)11-14-22)28(7-2,33-25)34-27(30)23-15-12-20(4)17-21(23)5/h2,6,10-15,17,24-25H,1,8-9,16,18H2,3-5H3/t24-,25?,28+/m0/s1. The average molecular weight is 463 g/mol. The zero-order valence-corrected chi connectivity index (χ0v) is 19.8. The fourth-order valence-electron chi connectivity index (χ4n) is 3.69. The summed E-state index contributed by atoms with van der Waals surface area (Å²) in [6, 6.07) is 12.3. The Balaban J connectivity index is 1.83. The number of terminal acetylenes is 1. The lowest BCUT2D eigenvalue weighted by Gasteiger charge is -2.28. The lowest BCUT2D eigenvalue weighted by Crippen LogP contribution is -2.45. The second kappa shape index (κ2) is 11.1. The van der Waals surface area contributed by atoms with E-state index in [9.17, 15) is 9.59 Å². The summed E-state index contributed by atoms with van der Waals surface area (Å²) in [6.45, 7) is 9.74. The molecule has 0 N–H and O–H groups in total. The Bertz CT molecular complexity index is 1080. The summed E-state index contributed by atoms with van der Waals surface area (Å²) < 4.78 is 23.1. The first kappa shape index (κ1) is 25.2. The predicted molar refractivity (Wildman–Crippen MR) is 128 cm³/mol. The Morgan fingerprint density at radius 2 is 1.85 bits per heavy atom. The van der Waals surface area contributed by atoms with E-state index in [0.29, 0.717) is 17.7 Å². The van der Waals surface area contributed by atoms with Gasteiger partial charge in [0.15, 0.2) is 12.4 Å². The second-order valence-electron chi connectivity index (χ2n) is 8.36. The lowest BCUT2D eigenvalue weighted by atomic mass is 10.1. The van der Waals surface area contributed by atoms with Crippen LogP contribution >= 0.6 is 0 Å². The van der Waals surface area contributed by atoms with E-state index in [2.05, 4.69) is 12.5 Å². The molecule has 0 saturated carbocycles. The number of rotatable bonds is 9. The van der Waals surface area contributed by atoms with Crippen LogP contribution in [0.4, 0.5) is 0 Å². The van der Waals surface area contributed by atoms with Gasteiger partial charge in [0.25, 0.3) is 0 Å². The zero-order valence-electron chi connectivity index (χ0n) is 19.8. The highest BCUT2D eigenvalue weighted by molar-refractivity contribution is 5.92. The number of carbonyl (C=O) groups is 2. The van der Waals surface area contributed by atoms with Gasteiger partial charge in [-0.05, 0) is 63.3 Å². The first-order valence-electron chi connectivity index (χ1n) is 11.2. The van der Waals surface area contributed by atoms with Crippen molar-refractivity contribution in [2.45, 2.75) is 58.2 Å². The summed E-state index contributed by atoms with van der Waals surface area (Å²) in [5.41, 5.74) is 3.46. The molecule has 0 radical (unpaired) electrons. The number of ether oxygens (including phenoxy) is 4. The quantitative estimate of drug-likeness (QED) is 0.225. The fraction of sp³-hybridized carbons (Fsp3) is 0.357. The van der Waals surface area contributed by atoms with E-state index in [1.54, 1.807) is 24.3 Å². The molecule has 1 saturated heterocycles. The Morgan fingerprint density at radius 3 is 2.50 bits per heavy atom. The number of hydrogen-bond acceptors (Lipinski definition) is 6. The summed E-state index contributed by atoms with van der Waals surface area (Å²) in [5, 5.41) is 0. The van der Waals surface area contributed by atoms with Crippen molar-refractivity contribution < 1.29 is 28.5 Å². The number of unbranched alkanes of at least 4 members (excludes halogenated alkanes) is 1. The molecule has 0 amide bonds. The van der Waals surface area contributed by atoms with Crippen LogP contribution in [0.2, 0.25) is 0 Å². The van der Waals surface area contributed by atoms with Crippen LogP contribution in [0.25, 0.3) is 0 Å². The number of carbonyl (C=O) groups excluding carboxylic acids is 2. The molecule has 2 aromatic carbocycles. The van der Waals surface area contributed by atoms with Crippen molar-refractivity contribution >= 4 is 11.9 Å². The van der Waals surface area contributed by atoms with Crippen molar-refractivity contribution in [3.05, 3.63) is 82.9 Å². The van der Waals surface area contributed by atoms with Gasteiger partial charge in [0.2, 0.25) is 0 Å². The highest BCUT2D eigenvalue weighted by atomic mass is 16.8. The van der Waals surface area contributed by atoms with Crippen molar-refractivity contribution in [2.75, 3.05) is 6.61 Å². The molecular weight excluding hydrogens is 432 g/mol. The van der Waals surface area contributed by atoms with Gasteiger partial charge >= 0.3 is 17.7 Å². The van der Waals surface area contributed by atoms with Crippen molar-refractivity contribution in [1.82, 2.24) is 0 Å². The van der Waals surface area contributed by atoms with Gasteiger partial charge in [0, 0.05) is 6.42 Å². The molecular formula is C28H30O6. The van der Waals surface area contributed by atoms with Crippen LogP contribution in [0.1, 0.15) is 56.7 Å². The summed E-state index contributed by atoms with van der Waals surface area (Å²) in [7, 11) is 0. The van der Waals surface area contributed by atoms with Crippen LogP contribution < -0.4 is 0 Å². The summed E-state index contributed by atoms with van der Waals surface area (Å²) in [4.78, 5) is 25.9. The van der Waals surface area contributed by atoms with Crippen molar-refractivity contribution in [2.24, 2.45) is 0 Å². The van der Waals surface area contributed by atoms with Crippen LogP contribution in [0, 0.1) is 33.1 Å². The molecule has 1 aliphatic heterocycles. The van der Waals surface area contributed by atoms with Gasteiger partial charge in [-0.1, -0.05) is 41.5 Å². The maximum Gasteiger partial charge on any atom is 0.341 e. The lowest BCUT2D eigenvalue weighted by molar-refractivity contribution is -0.235. The van der Waals surface area contributed by atoms with Crippen molar-refractivity contribution in [3.63, 3.8) is 0 Å². The molecule has 1 aliphatic rings. The third-order valence-electron chi connectivity index (χ3n) is 5.58. The molecule has 178 valence electrons. The number of aryl methyl sites for hydroxylation is 3. The Morgan fingerprint density at radius 1 is 1.15 bits per heavy atom. The first-order valence-corrected chi connectivity index (χ1v) is 11.2. The number of allylic oxidation sites excluding steroid dienone is 1. The molecule has 1 heterocycles. The molecule has 6 heteroatoms. The molecule has 1 unspecified atom stereocenters. The van der Waals surface area contributed by atoms with E-state index in [-0.39, 0.29) is 6.42 Å². The van der Waals surface area contributed by atoms with Gasteiger partial charge in [-0.15, -0.1) is 13.0 Å². The van der Waals surface area contributed by atoms with E-state index in [1.807, 2.05) is 45.0 Å². The summed E-state index contributed by atoms with van der Waals surface area (Å²) in [5.74, 6) is -0.763. The second-order valence-corrected chi connectivity index (χ2v) is 8.36. The van der Waals surface area contributed by atoms with E-state index >= 15 is 0 Å². The van der Waals surface area contributed by atoms with E-state index in [0.717, 1.165) is 29.5 Å². The Kier molecular flexibility index (Phi) is 8.27. The van der Waals surface area contributed by atoms with Crippen LogP contribution in [0.15, 0.2) is 55.1 Å². The van der Waals surface area contributed by atoms with Gasteiger partial charge in [-0.3, -0.25) is 4.74 Å². The number of benzene rings is 2. The monoisotopic (exact) mass is 462 g/mol. The Labute approximate surface area is 200 Å². The molecule has 0 aromatic heterocycles. The van der Waals surface area contributed by atoms with E-state index < -0.39 is 30.1 Å². The maximum absolute atomic E-state index is 13.1. The molecule has 0 spiro atoms. The van der Waals surface area contributed by atoms with Crippen molar-refractivity contribution in [3.8, 4) is 12.3 Å². The maximum atomic E-state index is 13.1. The minimum atomic E-state index is -1.92. The molecule has 1 fully saturated rings. The van der Waals surface area contributed by atoms with Gasteiger partial charge in [-0.2, -0.15) is 0 Å². The average Bonchev–Trinajstić information content (AvgIpc) is 3.14. The third kappa shape index (κ3) is 5.93. The smallest absolute Gasteiger partial charge is 0.341 e. The molecule has 0 bridgehead atoms. The van der Waals surface area contributed by atoms with Crippen molar-refractivity contribution in [1.29, 1.82) is 0 Å². The fourth-order valence-corrected chi connectivity index (χ4v) is 3.69. The van der Waals surface area contributed by atoms with Crippen LogP contribution in [-0.4, -0.2) is 36.7 Å². The molecule has 3 atom stereocenters. The van der Waals surface area contributed by atoms with Crippen LogP contribution in [0.3, 0.4) is 0 Å². The third-order valence-corrected chi connectivity index (χ3v) is 5.58. The van der Waals surface area contributed by atoms with Gasteiger partial charge in [0.05, 0.1) is 17.7 Å². The zero-order chi connectivity index (χ0) is 24.7. The number of hydrogen-bond donors (Lipinski definition) is 0. The molecule has 0 aliphatic carbocycles. The normalized spacial score (nSPS) is 21.5. The first-order chi connectivity index (χ1) is 16.3. The van der Waals surface area contributed by atoms with E-state index in [1.165, 1.54) is 0 Å². The van der Waals surface area contributed by atoms with Crippen LogP contribution in [0.5, 0.6) is 0 Å². The highest BCUT2D eigenvalue weighted by Gasteiger charge is 2.54. The number of esters is 2. The van der Waals surface area contributed by atoms with Crippen LogP contribution in [-0.2, 0) is 18.9 Å². The SMILES string of the molecule is C#C[C@]1(OC(=O)c2ccc(C)cc2C)OC(OCCCC=C)C[C@@H]1OC(=O)c1ccc(C)cc1. The minimum absolute atomic E-state index is 0.121. The van der Waals surface area contributed by atoms with Gasteiger partial charge in [-0.25, -0.2) is 9.59 Å².